The molecule has 0 radical (unpaired) electrons. The molecule has 0 amide bonds. The second-order valence-corrected chi connectivity index (χ2v) is 7.18. The van der Waals surface area contributed by atoms with E-state index in [1.807, 2.05) is 36.4 Å². The van der Waals surface area contributed by atoms with E-state index in [0.717, 1.165) is 0 Å². The molecule has 0 atom stereocenters. The van der Waals surface area contributed by atoms with E-state index in [4.69, 9.17) is 33.2 Å². The summed E-state index contributed by atoms with van der Waals surface area (Å²) >= 11 is 0. The molecular formula is C25H30O8. The maximum atomic E-state index is 11.9. The van der Waals surface area contributed by atoms with Crippen molar-refractivity contribution in [3.05, 3.63) is 60.2 Å². The van der Waals surface area contributed by atoms with Gasteiger partial charge in [-0.05, 0) is 25.1 Å². The molecule has 3 rings (SSSR count). The van der Waals surface area contributed by atoms with Gasteiger partial charge in [-0.25, -0.2) is 4.79 Å². The normalized spacial score (nSPS) is 15.8. The van der Waals surface area contributed by atoms with Crippen LogP contribution in [0.15, 0.2) is 54.6 Å². The van der Waals surface area contributed by atoms with Crippen LogP contribution in [-0.4, -0.2) is 58.8 Å². The fourth-order valence-electron chi connectivity index (χ4n) is 2.91. The summed E-state index contributed by atoms with van der Waals surface area (Å²) in [4.78, 5) is 11.9. The minimum atomic E-state index is -0.474. The summed E-state index contributed by atoms with van der Waals surface area (Å²) in [7, 11) is 0. The van der Waals surface area contributed by atoms with Crippen LogP contribution in [0.5, 0.6) is 23.0 Å². The highest BCUT2D eigenvalue weighted by Crippen LogP contribution is 2.38. The number of esters is 1. The van der Waals surface area contributed by atoms with Crippen LogP contribution in [0.1, 0.15) is 12.5 Å². The maximum Gasteiger partial charge on any atom is 0.333 e. The van der Waals surface area contributed by atoms with E-state index in [0.29, 0.717) is 80.4 Å². The van der Waals surface area contributed by atoms with Gasteiger partial charge in [0, 0.05) is 11.1 Å². The van der Waals surface area contributed by atoms with E-state index in [1.54, 1.807) is 13.0 Å². The highest BCUT2D eigenvalue weighted by atomic mass is 16.6. The van der Waals surface area contributed by atoms with Crippen LogP contribution in [-0.2, 0) is 30.3 Å². The third-order valence-electron chi connectivity index (χ3n) is 4.54. The Morgan fingerprint density at radius 3 is 2.03 bits per heavy atom. The molecule has 8 nitrogen and oxygen atoms in total. The molecule has 33 heavy (non-hydrogen) atoms. The van der Waals surface area contributed by atoms with Gasteiger partial charge in [0.05, 0.1) is 39.6 Å². The highest BCUT2D eigenvalue weighted by molar-refractivity contribution is 5.86. The van der Waals surface area contributed by atoms with Gasteiger partial charge in [-0.1, -0.05) is 30.8 Å². The highest BCUT2D eigenvalue weighted by Gasteiger charge is 2.16. The van der Waals surface area contributed by atoms with Crippen LogP contribution in [0, 0.1) is 0 Å². The minimum absolute atomic E-state index is 0.0163. The Kier molecular flexibility index (Phi) is 10.0. The Balaban J connectivity index is 1.82. The van der Waals surface area contributed by atoms with Gasteiger partial charge in [0.15, 0.2) is 23.0 Å². The molecule has 2 aromatic rings. The van der Waals surface area contributed by atoms with Crippen LogP contribution in [0.25, 0.3) is 0 Å². The lowest BCUT2D eigenvalue weighted by Crippen LogP contribution is -2.15. The molecule has 1 aliphatic rings. The smallest absolute Gasteiger partial charge is 0.333 e. The maximum absolute atomic E-state index is 11.9. The molecule has 0 spiro atoms. The zero-order valence-electron chi connectivity index (χ0n) is 18.9. The van der Waals surface area contributed by atoms with Crippen molar-refractivity contribution >= 4 is 5.97 Å². The number of carbonyl (C=O) groups excluding carboxylic acids is 1. The van der Waals surface area contributed by atoms with E-state index < -0.39 is 5.97 Å². The quantitative estimate of drug-likeness (QED) is 0.506. The summed E-state index contributed by atoms with van der Waals surface area (Å²) < 4.78 is 39.9. The van der Waals surface area contributed by atoms with Crippen molar-refractivity contribution in [1.29, 1.82) is 0 Å². The number of rotatable bonds is 3. The lowest BCUT2D eigenvalue weighted by atomic mass is 10.2. The average molecular weight is 459 g/mol. The van der Waals surface area contributed by atoms with Crippen LogP contribution in [0.4, 0.5) is 0 Å². The minimum Gasteiger partial charge on any atom is -0.487 e. The number of benzene rings is 2. The summed E-state index contributed by atoms with van der Waals surface area (Å²) in [6.07, 6.45) is 0. The predicted octanol–water partition coefficient (Wildman–Crippen LogP) is 3.92. The zero-order chi connectivity index (χ0) is 23.3. The van der Waals surface area contributed by atoms with E-state index in [1.165, 1.54) is 0 Å². The molecule has 0 saturated carbocycles. The standard InChI is InChI=1S/C25H30O8/c1-19(2)25(26)32-18-20-6-5-9-23-24(20)31-17-15-29-13-11-27-10-12-28-14-16-30-21-7-3-4-8-22(21)33-23/h3-9H,1,10-18H2,2H3. The number of carbonyl (C=O) groups is 1. The first-order valence-corrected chi connectivity index (χ1v) is 10.9. The van der Waals surface area contributed by atoms with Gasteiger partial charge in [0.2, 0.25) is 0 Å². The fourth-order valence-corrected chi connectivity index (χ4v) is 2.91. The van der Waals surface area contributed by atoms with Gasteiger partial charge < -0.3 is 33.2 Å². The van der Waals surface area contributed by atoms with Crippen molar-refractivity contribution in [2.45, 2.75) is 13.5 Å². The van der Waals surface area contributed by atoms with Gasteiger partial charge in [0.25, 0.3) is 0 Å². The van der Waals surface area contributed by atoms with Gasteiger partial charge in [-0.3, -0.25) is 0 Å². The van der Waals surface area contributed by atoms with Gasteiger partial charge in [-0.15, -0.1) is 0 Å². The van der Waals surface area contributed by atoms with Crippen molar-refractivity contribution in [3.8, 4) is 23.0 Å². The number of hydrogen-bond donors (Lipinski definition) is 0. The summed E-state index contributed by atoms with van der Waals surface area (Å²) in [6, 6.07) is 12.8. The second-order valence-electron chi connectivity index (χ2n) is 7.18. The van der Waals surface area contributed by atoms with Gasteiger partial charge in [-0.2, -0.15) is 0 Å². The van der Waals surface area contributed by atoms with Crippen molar-refractivity contribution in [1.82, 2.24) is 0 Å². The molecule has 0 aliphatic carbocycles. The molecule has 0 fully saturated rings. The summed E-state index contributed by atoms with van der Waals surface area (Å²) in [6.45, 7) is 8.54. The number of ether oxygens (including phenoxy) is 7. The summed E-state index contributed by atoms with van der Waals surface area (Å²) in [5, 5.41) is 0. The predicted molar refractivity (Wildman–Crippen MR) is 121 cm³/mol. The van der Waals surface area contributed by atoms with Crippen molar-refractivity contribution in [2.24, 2.45) is 0 Å². The average Bonchev–Trinajstić information content (AvgIpc) is 2.81. The molecule has 1 heterocycles. The molecule has 0 saturated heterocycles. The third kappa shape index (κ3) is 8.09. The van der Waals surface area contributed by atoms with Crippen molar-refractivity contribution in [3.63, 3.8) is 0 Å². The molecule has 0 aromatic heterocycles. The van der Waals surface area contributed by atoms with Crippen LogP contribution in [0.2, 0.25) is 0 Å². The first-order chi connectivity index (χ1) is 16.1. The Morgan fingerprint density at radius 1 is 0.788 bits per heavy atom. The second kappa shape index (κ2) is 13.5. The van der Waals surface area contributed by atoms with Crippen LogP contribution < -0.4 is 14.2 Å². The summed E-state index contributed by atoms with van der Waals surface area (Å²) in [5.41, 5.74) is 0.982. The topological polar surface area (TPSA) is 81.7 Å². The monoisotopic (exact) mass is 458 g/mol. The molecule has 1 aliphatic heterocycles. The van der Waals surface area contributed by atoms with Gasteiger partial charge in [0.1, 0.15) is 19.8 Å². The zero-order valence-corrected chi connectivity index (χ0v) is 18.9. The van der Waals surface area contributed by atoms with Crippen LogP contribution in [0.3, 0.4) is 0 Å². The van der Waals surface area contributed by atoms with E-state index in [-0.39, 0.29) is 13.2 Å². The molecule has 0 unspecified atom stereocenters. The number of hydrogen-bond acceptors (Lipinski definition) is 8. The Bertz CT molecular complexity index is 911. The molecular weight excluding hydrogens is 428 g/mol. The van der Waals surface area contributed by atoms with Crippen molar-refractivity contribution < 1.29 is 38.0 Å². The first kappa shape index (κ1) is 24.6. The number of para-hydroxylation sites is 3. The molecule has 0 bridgehead atoms. The molecule has 0 N–H and O–H groups in total. The molecule has 2 aromatic carbocycles. The lowest BCUT2D eigenvalue weighted by Gasteiger charge is -2.18. The van der Waals surface area contributed by atoms with E-state index >= 15 is 0 Å². The SMILES string of the molecule is C=C(C)C(=O)OCc1cccc2c1OCCOCCOCCOCCOc1ccccc1O2. The number of fused-ring (bicyclic) bond motifs is 2. The van der Waals surface area contributed by atoms with E-state index in [2.05, 4.69) is 6.58 Å². The lowest BCUT2D eigenvalue weighted by molar-refractivity contribution is -0.140. The molecule has 8 heteroatoms. The van der Waals surface area contributed by atoms with Gasteiger partial charge >= 0.3 is 5.97 Å². The van der Waals surface area contributed by atoms with Crippen molar-refractivity contribution in [2.75, 3.05) is 52.9 Å². The third-order valence-corrected chi connectivity index (χ3v) is 4.54. The molecule has 178 valence electrons. The first-order valence-electron chi connectivity index (χ1n) is 10.9. The van der Waals surface area contributed by atoms with Crippen LogP contribution >= 0.6 is 0 Å². The Labute approximate surface area is 193 Å². The Hall–Kier alpha value is -3.07. The summed E-state index contributed by atoms with van der Waals surface area (Å²) in [5.74, 6) is 1.56. The fraction of sp³-hybridized carbons (Fsp3) is 0.400. The Morgan fingerprint density at radius 2 is 1.36 bits per heavy atom. The van der Waals surface area contributed by atoms with E-state index in [9.17, 15) is 4.79 Å². The largest absolute Gasteiger partial charge is 0.487 e.